The molecule has 0 spiro atoms. The summed E-state index contributed by atoms with van der Waals surface area (Å²) in [4.78, 5) is 4.49. The summed E-state index contributed by atoms with van der Waals surface area (Å²) in [6.07, 6.45) is 3.73. The highest BCUT2D eigenvalue weighted by Gasteiger charge is 2.20. The fourth-order valence-corrected chi connectivity index (χ4v) is 3.59. The number of rotatable bonds is 3. The summed E-state index contributed by atoms with van der Waals surface area (Å²) in [5, 5.41) is 2.17. The van der Waals surface area contributed by atoms with Gasteiger partial charge in [-0.05, 0) is 11.1 Å². The molecule has 0 aliphatic heterocycles. The molecule has 0 radical (unpaired) electrons. The Hall–Kier alpha value is -3.59. The largest absolute Gasteiger partial charge is 0.451 e. The molecule has 3 aromatic carbocycles. The van der Waals surface area contributed by atoms with Crippen LogP contribution >= 0.6 is 0 Å². The summed E-state index contributed by atoms with van der Waals surface area (Å²) in [7, 11) is 1.98. The average Bonchev–Trinajstić information content (AvgIpc) is 3.32. The van der Waals surface area contributed by atoms with Gasteiger partial charge in [0.1, 0.15) is 5.76 Å². The molecule has 0 saturated carbocycles. The van der Waals surface area contributed by atoms with Crippen LogP contribution in [0.15, 0.2) is 95.7 Å². The minimum atomic E-state index is 0.802. The number of aryl methyl sites for hydroxylation is 1. The van der Waals surface area contributed by atoms with Gasteiger partial charge in [0.05, 0.1) is 0 Å². The second-order valence-electron chi connectivity index (χ2n) is 6.58. The number of hydrogen-bond donors (Lipinski definition) is 0. The van der Waals surface area contributed by atoms with Crippen molar-refractivity contribution in [2.24, 2.45) is 7.05 Å². The quantitative estimate of drug-likeness (QED) is 0.390. The van der Waals surface area contributed by atoms with Crippen molar-refractivity contribution in [3.8, 4) is 34.0 Å². The normalized spacial score (nSPS) is 11.1. The highest BCUT2D eigenvalue weighted by atomic mass is 16.3. The molecule has 2 aromatic heterocycles. The van der Waals surface area contributed by atoms with Gasteiger partial charge >= 0.3 is 0 Å². The van der Waals surface area contributed by atoms with Gasteiger partial charge < -0.3 is 8.98 Å². The fourth-order valence-electron chi connectivity index (χ4n) is 3.59. The Morgan fingerprint density at radius 3 is 2.04 bits per heavy atom. The number of aromatic nitrogens is 2. The van der Waals surface area contributed by atoms with E-state index in [4.69, 9.17) is 4.42 Å². The molecule has 2 heterocycles. The molecule has 130 valence electrons. The molecule has 3 nitrogen and oxygen atoms in total. The molecule has 0 fully saturated rings. The maximum Gasteiger partial charge on any atom is 0.178 e. The van der Waals surface area contributed by atoms with Gasteiger partial charge in [-0.25, -0.2) is 4.98 Å². The third-order valence-corrected chi connectivity index (χ3v) is 4.90. The molecule has 0 N–H and O–H groups in total. The van der Waals surface area contributed by atoms with Gasteiger partial charge in [-0.15, -0.1) is 0 Å². The Labute approximate surface area is 157 Å². The van der Waals surface area contributed by atoms with Gasteiger partial charge in [-0.3, -0.25) is 0 Å². The standard InChI is InChI=1S/C24H18N2O/c1-26-16-15-25-24(26)23-21-14-8-7-13-20(21)22(27-23)19-12-6-5-11-18(19)17-9-3-2-4-10-17/h2-16H,1H3. The number of furan rings is 1. The molecule has 0 aliphatic rings. The van der Waals surface area contributed by atoms with Crippen LogP contribution in [0.4, 0.5) is 0 Å². The van der Waals surface area contributed by atoms with Gasteiger partial charge in [0.15, 0.2) is 11.6 Å². The van der Waals surface area contributed by atoms with E-state index in [0.29, 0.717) is 0 Å². The van der Waals surface area contributed by atoms with Crippen molar-refractivity contribution in [3.63, 3.8) is 0 Å². The summed E-state index contributed by atoms with van der Waals surface area (Å²) < 4.78 is 8.44. The fraction of sp³-hybridized carbons (Fsp3) is 0.0417. The van der Waals surface area contributed by atoms with Gasteiger partial charge in [0.2, 0.25) is 0 Å². The second kappa shape index (κ2) is 6.29. The number of imidazole rings is 1. The summed E-state index contributed by atoms with van der Waals surface area (Å²) >= 11 is 0. The Morgan fingerprint density at radius 1 is 0.704 bits per heavy atom. The van der Waals surface area contributed by atoms with Gasteiger partial charge in [-0.2, -0.15) is 0 Å². The molecule has 0 aliphatic carbocycles. The van der Waals surface area contributed by atoms with E-state index >= 15 is 0 Å². The monoisotopic (exact) mass is 350 g/mol. The average molecular weight is 350 g/mol. The maximum absolute atomic E-state index is 6.46. The minimum Gasteiger partial charge on any atom is -0.451 e. The number of hydrogen-bond acceptors (Lipinski definition) is 2. The highest BCUT2D eigenvalue weighted by Crippen LogP contribution is 2.41. The van der Waals surface area contributed by atoms with Crippen molar-refractivity contribution in [2.45, 2.75) is 0 Å². The van der Waals surface area contributed by atoms with E-state index in [2.05, 4.69) is 71.7 Å². The van der Waals surface area contributed by atoms with Crippen LogP contribution in [0.5, 0.6) is 0 Å². The van der Waals surface area contributed by atoms with Crippen LogP contribution in [0.3, 0.4) is 0 Å². The molecule has 5 aromatic rings. The van der Waals surface area contributed by atoms with Crippen molar-refractivity contribution < 1.29 is 4.42 Å². The topological polar surface area (TPSA) is 31.0 Å². The lowest BCUT2D eigenvalue weighted by atomic mass is 9.96. The molecular weight excluding hydrogens is 332 g/mol. The third kappa shape index (κ3) is 2.56. The number of fused-ring (bicyclic) bond motifs is 1. The summed E-state index contributed by atoms with van der Waals surface area (Å²) in [5.41, 5.74) is 3.41. The molecule has 0 bridgehead atoms. The van der Waals surface area contributed by atoms with E-state index in [9.17, 15) is 0 Å². The van der Waals surface area contributed by atoms with Crippen molar-refractivity contribution in [3.05, 3.63) is 91.3 Å². The van der Waals surface area contributed by atoms with Crippen LogP contribution < -0.4 is 0 Å². The molecule has 27 heavy (non-hydrogen) atoms. The van der Waals surface area contributed by atoms with Gasteiger partial charge in [0.25, 0.3) is 0 Å². The second-order valence-corrected chi connectivity index (χ2v) is 6.58. The van der Waals surface area contributed by atoms with Gasteiger partial charge in [-0.1, -0.05) is 78.9 Å². The molecule has 5 rings (SSSR count). The molecule has 0 unspecified atom stereocenters. The zero-order valence-electron chi connectivity index (χ0n) is 15.0. The molecule has 0 amide bonds. The van der Waals surface area contributed by atoms with Crippen LogP contribution in [0, 0.1) is 0 Å². The first-order chi connectivity index (χ1) is 13.3. The summed E-state index contributed by atoms with van der Waals surface area (Å²) in [5.74, 6) is 2.51. The lowest BCUT2D eigenvalue weighted by Crippen LogP contribution is -1.89. The SMILES string of the molecule is Cn1ccnc1-c1oc(-c2ccccc2-c2ccccc2)c2ccccc12. The molecular formula is C24H18N2O. The first-order valence-electron chi connectivity index (χ1n) is 8.97. The van der Waals surface area contributed by atoms with Gasteiger partial charge in [0, 0.05) is 35.8 Å². The van der Waals surface area contributed by atoms with Crippen LogP contribution in [-0.4, -0.2) is 9.55 Å². The highest BCUT2D eigenvalue weighted by molar-refractivity contribution is 6.03. The van der Waals surface area contributed by atoms with E-state index in [1.54, 1.807) is 6.20 Å². The molecule has 0 saturated heterocycles. The minimum absolute atomic E-state index is 0.802. The Kier molecular flexibility index (Phi) is 3.65. The van der Waals surface area contributed by atoms with Crippen molar-refractivity contribution in [2.75, 3.05) is 0 Å². The molecule has 3 heteroatoms. The predicted octanol–water partition coefficient (Wildman–Crippen LogP) is 6.17. The first-order valence-corrected chi connectivity index (χ1v) is 8.97. The predicted molar refractivity (Wildman–Crippen MR) is 109 cm³/mol. The third-order valence-electron chi connectivity index (χ3n) is 4.90. The van der Waals surface area contributed by atoms with E-state index in [1.165, 1.54) is 5.56 Å². The van der Waals surface area contributed by atoms with Crippen LogP contribution in [0.25, 0.3) is 44.8 Å². The van der Waals surface area contributed by atoms with E-state index < -0.39 is 0 Å². The van der Waals surface area contributed by atoms with E-state index in [1.807, 2.05) is 29.9 Å². The number of nitrogens with zero attached hydrogens (tertiary/aromatic N) is 2. The lowest BCUT2D eigenvalue weighted by Gasteiger charge is -2.08. The van der Waals surface area contributed by atoms with E-state index in [-0.39, 0.29) is 0 Å². The smallest absolute Gasteiger partial charge is 0.178 e. The van der Waals surface area contributed by atoms with Crippen LogP contribution in [-0.2, 0) is 7.05 Å². The van der Waals surface area contributed by atoms with Crippen LogP contribution in [0.1, 0.15) is 0 Å². The lowest BCUT2D eigenvalue weighted by molar-refractivity contribution is 0.593. The maximum atomic E-state index is 6.46. The summed E-state index contributed by atoms with van der Waals surface area (Å²) in [6.45, 7) is 0. The zero-order chi connectivity index (χ0) is 18.2. The Bertz CT molecular complexity index is 1230. The van der Waals surface area contributed by atoms with Crippen molar-refractivity contribution in [1.82, 2.24) is 9.55 Å². The first kappa shape index (κ1) is 15.6. The Balaban J connectivity index is 1.80. The van der Waals surface area contributed by atoms with E-state index in [0.717, 1.165) is 39.2 Å². The number of benzene rings is 3. The van der Waals surface area contributed by atoms with Crippen molar-refractivity contribution in [1.29, 1.82) is 0 Å². The Morgan fingerprint density at radius 2 is 1.33 bits per heavy atom. The van der Waals surface area contributed by atoms with Crippen LogP contribution in [0.2, 0.25) is 0 Å². The summed E-state index contributed by atoms with van der Waals surface area (Å²) in [6, 6.07) is 27.1. The van der Waals surface area contributed by atoms with Crippen molar-refractivity contribution >= 4 is 10.8 Å². The zero-order valence-corrected chi connectivity index (χ0v) is 15.0. The molecule has 0 atom stereocenters.